The summed E-state index contributed by atoms with van der Waals surface area (Å²) in [5.41, 5.74) is -14.1. The van der Waals surface area contributed by atoms with E-state index in [-0.39, 0.29) is 106 Å². The molecule has 0 aromatic rings. The van der Waals surface area contributed by atoms with Crippen LogP contribution >= 0.6 is 151 Å². The van der Waals surface area contributed by atoms with E-state index >= 15 is 0 Å². The number of methoxy groups -OCH3 is 1. The van der Waals surface area contributed by atoms with Crippen molar-refractivity contribution in [1.82, 2.24) is 41.7 Å². The molecular weight excluding hydrogens is 1980 g/mol. The normalized spacial score (nSPS) is 11.6. The Labute approximate surface area is 754 Å². The average Bonchev–Trinajstić information content (AvgIpc) is 0.892. The molecule has 1 unspecified atom stereocenters. The second-order valence-electron chi connectivity index (χ2n) is 19.1. The summed E-state index contributed by atoms with van der Waals surface area (Å²) in [4.78, 5) is 113. The van der Waals surface area contributed by atoms with Gasteiger partial charge in [-0.3, -0.25) is 48.1 Å². The quantitative estimate of drug-likeness (QED) is 0.0143. The maximum atomic E-state index is 11.8. The van der Waals surface area contributed by atoms with Crippen LogP contribution in [0.15, 0.2) is 0 Å². The van der Waals surface area contributed by atoms with Gasteiger partial charge in [0.05, 0.1) is 78.6 Å². The summed E-state index contributed by atoms with van der Waals surface area (Å²) in [6, 6.07) is 0.144. The van der Waals surface area contributed by atoms with E-state index in [0.717, 1.165) is 61.1 Å². The Morgan fingerprint density at radius 1 is 0.397 bits per heavy atom. The molecule has 0 bridgehead atoms. The van der Waals surface area contributed by atoms with Crippen LogP contribution in [0.4, 0.5) is 4.79 Å². The molecule has 0 aromatic carbocycles. The second kappa shape index (κ2) is 81.2. The van der Waals surface area contributed by atoms with E-state index in [1.807, 2.05) is 55.4 Å². The summed E-state index contributed by atoms with van der Waals surface area (Å²) in [5, 5.41) is 15.4. The van der Waals surface area contributed by atoms with E-state index in [0.29, 0.717) is 45.1 Å². The Morgan fingerprint density at radius 3 is 1.03 bits per heavy atom. The standard InChI is InChI=1S/C10H20NO5PS2.C9H20NO3PS2.C8H18NO4PS2.C6H14NO4PS2.C6H12NO4PS2.C6H14NO3PS2.C5H12NO4PS.C5H12NO3PS2/c1-5-14-10(13)11(4)9(12)8-19-17(18,15-6-2)16-7-3;1-5-12-14(15,13-6-2)16-7-9(11)10-8(3)4;1-7(8(10)9-2)15-5-6-16-14(11,12-3)13-4;1-9-5-7-6(8)4-14-12(13,10-2)11-3;1-7(5-8)6(9)4-14-12(13,10-2)11-3;1-4-7-6(8)5-13-11(12,9-2)10-3;1-6-5(7)4-12-11(8,9-2)10-3;1-6-5(7)4-12-10(11,8-2)9-3/h5-8H2,1-4H3;8H,5-7H2,1-4H3,(H,10,11);7H,5-6H2,1-4H3,(H,9,10);4-5H2,1-3H3,(H,7,8);5H,4H2,1-3H3;4-5H2,1-3H3,(H,7,8);2*4H2,1-3H3,(H,6,7). The molecule has 692 valence electrons. The van der Waals surface area contributed by atoms with E-state index in [1.165, 1.54) is 171 Å². The molecule has 0 heterocycles. The van der Waals surface area contributed by atoms with Crippen LogP contribution in [0.25, 0.3) is 0 Å². The Hall–Kier alpha value is 1.73. The van der Waals surface area contributed by atoms with Crippen molar-refractivity contribution < 1.29 is 139 Å². The monoisotopic (exact) mass is 2100 g/mol. The molecule has 0 aliphatic rings. The Morgan fingerprint density at radius 2 is 0.716 bits per heavy atom. The van der Waals surface area contributed by atoms with Gasteiger partial charge in [0.1, 0.15) is 6.73 Å². The largest absolute Gasteiger partial charge is 0.449 e. The predicted molar refractivity (Wildman–Crippen MR) is 506 cm³/mol. The molecule has 10 amide bonds. The van der Waals surface area contributed by atoms with Crippen molar-refractivity contribution in [2.75, 3.05) is 226 Å². The molecule has 0 fully saturated rings. The van der Waals surface area contributed by atoms with Crippen molar-refractivity contribution in [3.8, 4) is 0 Å². The zero-order valence-corrected chi connectivity index (χ0v) is 89.8. The van der Waals surface area contributed by atoms with Gasteiger partial charge in [0.2, 0.25) is 87.8 Å². The van der Waals surface area contributed by atoms with Crippen LogP contribution in [0.3, 0.4) is 0 Å². The molecule has 0 saturated heterocycles. The summed E-state index contributed by atoms with van der Waals surface area (Å²) in [5.74, 6) is 1.31. The average molecular weight is 2100 g/mol. The SMILES string of the molecule is CCNC(=O)CSP(=S)(OC)OC.CCOC(=O)N(C)C(=O)CSP(=S)(OCC)OCC.CCOP(=S)(OCC)SCC(=O)NC(C)C.CNC(=O)C(C)SCCSP(=O)(OC)OC.CNC(=O)CSP(=O)(OC)OC.CNC(=O)CSP(=S)(OC)OC.COCNC(=O)CSP(=S)(OC)OC.COP(=S)(OC)SCC(=O)N(C)C=O. The number of amides is 10. The molecule has 0 aliphatic heterocycles. The minimum absolute atomic E-state index is 0.00309. The fourth-order valence-corrected chi connectivity index (χ4v) is 30.5. The zero-order valence-electron chi connectivity index (χ0n) is 70.4. The number of rotatable bonds is 53. The number of ether oxygens (including phenoxy) is 2. The van der Waals surface area contributed by atoms with E-state index in [2.05, 4.69) is 45.7 Å². The molecule has 0 aromatic heterocycles. The highest BCUT2D eigenvalue weighted by molar-refractivity contribution is 8.70. The lowest BCUT2D eigenvalue weighted by Gasteiger charge is -2.21. The molecule has 61 heteroatoms. The maximum absolute atomic E-state index is 11.8. The highest BCUT2D eigenvalue weighted by Gasteiger charge is 2.28. The van der Waals surface area contributed by atoms with Gasteiger partial charge in [0.25, 0.3) is 0 Å². The first-order chi connectivity index (χ1) is 54.1. The first-order valence-electron chi connectivity index (χ1n) is 33.0. The lowest BCUT2D eigenvalue weighted by atomic mass is 10.4. The first kappa shape index (κ1) is 133. The molecule has 0 radical (unpaired) electrons. The van der Waals surface area contributed by atoms with Crippen LogP contribution in [-0.4, -0.2) is 307 Å². The van der Waals surface area contributed by atoms with Crippen molar-refractivity contribution in [2.45, 2.75) is 73.6 Å². The Balaban J connectivity index is -0.000000192. The number of thioether (sulfide) groups is 1. The molecule has 0 aliphatic carbocycles. The summed E-state index contributed by atoms with van der Waals surface area (Å²) < 4.78 is 113. The van der Waals surface area contributed by atoms with Gasteiger partial charge in [-0.25, -0.2) is 18.8 Å². The number of hydrogen-bond acceptors (Lipinski definition) is 45. The summed E-state index contributed by atoms with van der Waals surface area (Å²) in [7, 11) is 26.0. The number of imide groups is 2. The molecular formula is C55H122N8O30P8S15. The third kappa shape index (κ3) is 75.8. The smallest absolute Gasteiger partial charge is 0.416 e. The minimum Gasteiger partial charge on any atom is -0.449 e. The van der Waals surface area contributed by atoms with E-state index in [9.17, 15) is 57.1 Å². The summed E-state index contributed by atoms with van der Waals surface area (Å²) in [6.45, 7) is 13.4. The number of nitrogens with one attached hydrogen (secondary N) is 6. The van der Waals surface area contributed by atoms with Gasteiger partial charge in [0, 0.05) is 152 Å². The van der Waals surface area contributed by atoms with Crippen LogP contribution in [0.2, 0.25) is 0 Å². The third-order valence-corrected chi connectivity index (χ3v) is 53.6. The zero-order chi connectivity index (χ0) is 91.9. The number of hydrogen-bond donors (Lipinski definition) is 6. The van der Waals surface area contributed by atoms with Gasteiger partial charge < -0.3 is 114 Å². The van der Waals surface area contributed by atoms with E-state index in [1.54, 1.807) is 21.0 Å². The first-order valence-corrected chi connectivity index (χ1v) is 65.7. The number of carbonyl (C=O) groups is 10. The molecule has 38 nitrogen and oxygen atoms in total. The van der Waals surface area contributed by atoms with Gasteiger partial charge in [-0.2, -0.15) is 0 Å². The minimum atomic E-state index is -3.09. The highest BCUT2D eigenvalue weighted by atomic mass is 32.9. The second-order valence-corrected chi connectivity index (χ2v) is 68.0. The van der Waals surface area contributed by atoms with Crippen LogP contribution in [0.1, 0.15) is 62.3 Å². The van der Waals surface area contributed by atoms with Gasteiger partial charge in [-0.15, -0.1) is 11.8 Å². The lowest BCUT2D eigenvalue weighted by molar-refractivity contribution is -0.134. The molecule has 0 spiro atoms. The molecule has 0 rings (SSSR count). The third-order valence-electron chi connectivity index (χ3n) is 10.9. The summed E-state index contributed by atoms with van der Waals surface area (Å²) >= 11 is 41.4. The predicted octanol–water partition coefficient (Wildman–Crippen LogP) is 12.2. The van der Waals surface area contributed by atoms with Crippen LogP contribution in [0.5, 0.6) is 0 Å². The van der Waals surface area contributed by atoms with Gasteiger partial charge in [0.15, 0.2) is 0 Å². The maximum Gasteiger partial charge on any atom is 0.416 e. The topological polar surface area (TPSA) is 450 Å². The lowest BCUT2D eigenvalue weighted by Crippen LogP contribution is -2.34. The highest BCUT2D eigenvalue weighted by Crippen LogP contribution is 2.64. The van der Waals surface area contributed by atoms with Crippen molar-refractivity contribution in [2.24, 2.45) is 0 Å². The summed E-state index contributed by atoms with van der Waals surface area (Å²) in [6.07, 6.45) is -0.222. The van der Waals surface area contributed by atoms with Gasteiger partial charge >= 0.3 is 19.7 Å². The fourth-order valence-electron chi connectivity index (χ4n) is 5.09. The van der Waals surface area contributed by atoms with Crippen molar-refractivity contribution in [3.05, 3.63) is 0 Å². The van der Waals surface area contributed by atoms with E-state index < -0.39 is 59.8 Å². The van der Waals surface area contributed by atoms with Crippen molar-refractivity contribution in [1.29, 1.82) is 0 Å². The van der Waals surface area contributed by atoms with Crippen LogP contribution < -0.4 is 31.9 Å². The molecule has 6 N–H and O–H groups in total. The fraction of sp³-hybridized carbons (Fsp3) is 0.818. The Kier molecular flexibility index (Phi) is 93.3. The Bertz CT molecular complexity index is 3050. The number of carbonyl (C=O) groups excluding carboxylic acids is 10. The van der Waals surface area contributed by atoms with Crippen molar-refractivity contribution in [3.63, 3.8) is 0 Å². The van der Waals surface area contributed by atoms with Crippen LogP contribution in [-0.2, 0) is 205 Å². The molecule has 116 heavy (non-hydrogen) atoms. The molecule has 1 atom stereocenters. The van der Waals surface area contributed by atoms with Crippen LogP contribution in [0, 0.1) is 0 Å². The number of nitrogens with zero attached hydrogens (tertiary/aromatic N) is 2. The van der Waals surface area contributed by atoms with Crippen molar-refractivity contribution >= 4 is 281 Å². The van der Waals surface area contributed by atoms with E-state index in [4.69, 9.17) is 139 Å². The van der Waals surface area contributed by atoms with Gasteiger partial charge in [-0.1, -0.05) is 68.3 Å². The molecule has 0 saturated carbocycles. The van der Waals surface area contributed by atoms with Gasteiger partial charge in [-0.05, 0) is 156 Å².